The van der Waals surface area contributed by atoms with Gasteiger partial charge in [0.15, 0.2) is 11.5 Å². The van der Waals surface area contributed by atoms with Crippen LogP contribution in [0.1, 0.15) is 38.9 Å². The second kappa shape index (κ2) is 6.75. The van der Waals surface area contributed by atoms with Crippen LogP contribution in [-0.2, 0) is 4.79 Å². The van der Waals surface area contributed by atoms with Gasteiger partial charge in [0.25, 0.3) is 0 Å². The summed E-state index contributed by atoms with van der Waals surface area (Å²) in [7, 11) is 0. The lowest BCUT2D eigenvalue weighted by molar-refractivity contribution is -0.991. The molecular weight excluding hydrogens is 336 g/mol. The summed E-state index contributed by atoms with van der Waals surface area (Å²) in [6, 6.07) is 5.20. The smallest absolute Gasteiger partial charge is 0.163 e. The Kier molecular flexibility index (Phi) is 4.94. The van der Waals surface area contributed by atoms with Gasteiger partial charge in [-0.25, -0.2) is 5.21 Å². The standard InChI is InChI=1S/C19H26N2O5/c1-10(16-15(23)8-13-17(16)19(13,2)3)20-14(9-22)18(24)11-4-6-12(7-5-11)21(25)26/h4-7,13-14,17-18,20-22,24-25H,8-9H2,1-3H3/t13-,14-,17+,18-/m1/s1. The number of ketones is 1. The third-order valence-corrected chi connectivity index (χ3v) is 5.95. The summed E-state index contributed by atoms with van der Waals surface area (Å²) in [5.74, 6) is 0.776. The van der Waals surface area contributed by atoms with Crippen molar-refractivity contribution in [1.29, 1.82) is 0 Å². The Morgan fingerprint density at radius 3 is 2.50 bits per heavy atom. The maximum Gasteiger partial charge on any atom is 0.163 e. The van der Waals surface area contributed by atoms with Gasteiger partial charge in [-0.1, -0.05) is 26.0 Å². The lowest BCUT2D eigenvalue weighted by Gasteiger charge is -2.25. The summed E-state index contributed by atoms with van der Waals surface area (Å²) >= 11 is 0. The Morgan fingerprint density at radius 1 is 1.38 bits per heavy atom. The number of carbonyl (C=O) groups is 1. The fourth-order valence-corrected chi connectivity index (χ4v) is 4.26. The molecule has 0 aromatic heterocycles. The van der Waals surface area contributed by atoms with Crippen molar-refractivity contribution in [2.24, 2.45) is 17.3 Å². The minimum atomic E-state index is -1.04. The van der Waals surface area contributed by atoms with Gasteiger partial charge in [0.2, 0.25) is 0 Å². The van der Waals surface area contributed by atoms with Crippen LogP contribution in [0.4, 0.5) is 5.69 Å². The molecule has 142 valence electrons. The minimum absolute atomic E-state index is 0.131. The van der Waals surface area contributed by atoms with Gasteiger partial charge in [-0.05, 0) is 29.7 Å². The molecule has 0 saturated heterocycles. The zero-order chi connectivity index (χ0) is 19.2. The molecule has 0 spiro atoms. The number of carbonyl (C=O) groups excluding carboxylic acids is 1. The van der Waals surface area contributed by atoms with Crippen LogP contribution in [0.15, 0.2) is 35.5 Å². The highest BCUT2D eigenvalue weighted by molar-refractivity contribution is 6.01. The molecule has 1 aromatic rings. The molecule has 5 atom stereocenters. The Labute approximate surface area is 152 Å². The van der Waals surface area contributed by atoms with E-state index in [0.29, 0.717) is 23.6 Å². The topological polar surface area (TPSA) is 117 Å². The zero-order valence-electron chi connectivity index (χ0n) is 15.2. The number of fused-ring (bicyclic) bond motifs is 1. The molecule has 26 heavy (non-hydrogen) atoms. The third kappa shape index (κ3) is 3.17. The highest BCUT2D eigenvalue weighted by Crippen LogP contribution is 2.68. The predicted octanol–water partition coefficient (Wildman–Crippen LogP) is 0.593. The molecule has 0 heterocycles. The van der Waals surface area contributed by atoms with Crippen LogP contribution in [0.25, 0.3) is 0 Å². The van der Waals surface area contributed by atoms with E-state index in [4.69, 9.17) is 5.21 Å². The monoisotopic (exact) mass is 362 g/mol. The van der Waals surface area contributed by atoms with Crippen molar-refractivity contribution in [3.05, 3.63) is 46.3 Å². The predicted molar refractivity (Wildman–Crippen MR) is 94.3 cm³/mol. The number of benzene rings is 1. The highest BCUT2D eigenvalue weighted by atomic mass is 16.8. The van der Waals surface area contributed by atoms with Crippen LogP contribution in [0, 0.1) is 22.5 Å². The van der Waals surface area contributed by atoms with E-state index in [0.717, 1.165) is 5.57 Å². The Hall–Kier alpha value is -1.77. The zero-order valence-corrected chi connectivity index (χ0v) is 15.2. The molecule has 5 N–H and O–H groups in total. The normalized spacial score (nSPS) is 29.0. The number of allylic oxidation sites excluding steroid dienone is 2. The number of nitrogens with one attached hydrogen (secondary N) is 2. The van der Waals surface area contributed by atoms with Crippen molar-refractivity contribution < 1.29 is 25.4 Å². The molecule has 2 saturated carbocycles. The van der Waals surface area contributed by atoms with Gasteiger partial charge in [0.1, 0.15) is 6.10 Å². The molecule has 7 nitrogen and oxygen atoms in total. The van der Waals surface area contributed by atoms with E-state index in [-0.39, 0.29) is 29.4 Å². The second-order valence-corrected chi connectivity index (χ2v) is 7.88. The molecule has 7 heteroatoms. The Bertz CT molecular complexity index is 726. The lowest BCUT2D eigenvalue weighted by Crippen LogP contribution is -2.99. The molecule has 0 aliphatic heterocycles. The summed E-state index contributed by atoms with van der Waals surface area (Å²) in [5, 5.41) is 42.2. The summed E-state index contributed by atoms with van der Waals surface area (Å²) in [6.45, 7) is 5.81. The van der Waals surface area contributed by atoms with E-state index in [1.807, 2.05) is 6.92 Å². The van der Waals surface area contributed by atoms with E-state index in [9.17, 15) is 20.2 Å². The SMILES string of the molecule is CC(N[C@H](CO)[C@H](O)c1ccc([NH+]([O-])O)cc1)=C1C(=O)C[C@@H]2[C@@H]1C2(C)C. The van der Waals surface area contributed by atoms with Crippen molar-refractivity contribution in [3.8, 4) is 0 Å². The van der Waals surface area contributed by atoms with Crippen LogP contribution in [0.3, 0.4) is 0 Å². The third-order valence-electron chi connectivity index (χ3n) is 5.95. The number of aliphatic hydroxyl groups excluding tert-OH is 2. The van der Waals surface area contributed by atoms with Crippen LogP contribution in [0.5, 0.6) is 0 Å². The van der Waals surface area contributed by atoms with Crippen LogP contribution in [0.2, 0.25) is 0 Å². The van der Waals surface area contributed by atoms with E-state index < -0.39 is 17.4 Å². The van der Waals surface area contributed by atoms with Crippen molar-refractivity contribution in [3.63, 3.8) is 0 Å². The quantitative estimate of drug-likeness (QED) is 0.374. The van der Waals surface area contributed by atoms with Gasteiger partial charge in [0, 0.05) is 29.8 Å². The number of aliphatic hydroxyl groups is 2. The van der Waals surface area contributed by atoms with Gasteiger partial charge in [-0.2, -0.15) is 5.23 Å². The largest absolute Gasteiger partial charge is 0.595 e. The minimum Gasteiger partial charge on any atom is -0.595 e. The van der Waals surface area contributed by atoms with Gasteiger partial charge in [-0.15, -0.1) is 0 Å². The molecular formula is C19H26N2O5. The fourth-order valence-electron chi connectivity index (χ4n) is 4.26. The molecule has 1 unspecified atom stereocenters. The summed E-state index contributed by atoms with van der Waals surface area (Å²) in [5.41, 5.74) is 2.25. The van der Waals surface area contributed by atoms with E-state index in [1.54, 1.807) is 0 Å². The number of hydrogen-bond donors (Lipinski definition) is 5. The van der Waals surface area contributed by atoms with E-state index in [2.05, 4.69) is 19.2 Å². The van der Waals surface area contributed by atoms with E-state index >= 15 is 0 Å². The Balaban J connectivity index is 1.76. The van der Waals surface area contributed by atoms with Crippen LogP contribution >= 0.6 is 0 Å². The molecule has 3 rings (SSSR count). The number of Topliss-reactive ketones (excluding diaryl/α,β-unsaturated/α-hetero) is 1. The molecule has 2 aliphatic rings. The molecule has 2 fully saturated rings. The summed E-state index contributed by atoms with van der Waals surface area (Å²) < 4.78 is 0. The van der Waals surface area contributed by atoms with Gasteiger partial charge in [0.05, 0.1) is 12.6 Å². The second-order valence-electron chi connectivity index (χ2n) is 7.88. The number of quaternary nitrogens is 1. The first-order valence-electron chi connectivity index (χ1n) is 8.81. The number of rotatable bonds is 6. The van der Waals surface area contributed by atoms with Gasteiger partial charge >= 0.3 is 0 Å². The molecule has 1 aromatic carbocycles. The lowest BCUT2D eigenvalue weighted by atomic mass is 9.94. The maximum atomic E-state index is 12.3. The van der Waals surface area contributed by atoms with Crippen LogP contribution in [-0.4, -0.2) is 33.9 Å². The Morgan fingerprint density at radius 2 is 2.00 bits per heavy atom. The first kappa shape index (κ1) is 19.0. The van der Waals surface area contributed by atoms with Crippen molar-refractivity contribution in [2.75, 3.05) is 6.61 Å². The molecule has 2 aliphatic carbocycles. The first-order valence-corrected chi connectivity index (χ1v) is 8.81. The first-order chi connectivity index (χ1) is 12.2. The summed E-state index contributed by atoms with van der Waals surface area (Å²) in [6.07, 6.45) is -0.465. The van der Waals surface area contributed by atoms with Gasteiger partial charge in [-0.3, -0.25) is 4.79 Å². The molecule has 0 radical (unpaired) electrons. The van der Waals surface area contributed by atoms with Crippen molar-refractivity contribution in [2.45, 2.75) is 39.3 Å². The average molecular weight is 362 g/mol. The summed E-state index contributed by atoms with van der Waals surface area (Å²) in [4.78, 5) is 12.3. The van der Waals surface area contributed by atoms with E-state index in [1.165, 1.54) is 24.3 Å². The average Bonchev–Trinajstić information content (AvgIpc) is 2.94. The molecule has 0 bridgehead atoms. The highest BCUT2D eigenvalue weighted by Gasteiger charge is 2.65. The maximum absolute atomic E-state index is 12.3. The van der Waals surface area contributed by atoms with Gasteiger partial charge < -0.3 is 20.7 Å². The van der Waals surface area contributed by atoms with Crippen molar-refractivity contribution >= 4 is 11.5 Å². The fraction of sp³-hybridized carbons (Fsp3) is 0.526. The van der Waals surface area contributed by atoms with Crippen LogP contribution < -0.4 is 10.5 Å². The van der Waals surface area contributed by atoms with Crippen molar-refractivity contribution in [1.82, 2.24) is 5.32 Å². The molecule has 0 amide bonds. The number of hydrogen-bond acceptors (Lipinski definition) is 6.